The summed E-state index contributed by atoms with van der Waals surface area (Å²) >= 11 is 0. The van der Waals surface area contributed by atoms with Gasteiger partial charge in [0.1, 0.15) is 48.8 Å². The smallest absolute Gasteiger partial charge is 0.187 e. The van der Waals surface area contributed by atoms with Gasteiger partial charge in [-0.3, -0.25) is 0 Å². The molecular formula is C32H61N7O14S. The molecule has 54 heavy (non-hydrogen) atoms. The van der Waals surface area contributed by atoms with Gasteiger partial charge in [-0.1, -0.05) is 12.2 Å². The number of hydrogen-bond donors (Lipinski definition) is 13. The van der Waals surface area contributed by atoms with Gasteiger partial charge in [0, 0.05) is 38.1 Å². The van der Waals surface area contributed by atoms with Gasteiger partial charge in [-0.2, -0.15) is 0 Å². The molecule has 4 fully saturated rings. The van der Waals surface area contributed by atoms with E-state index in [2.05, 4.69) is 10.6 Å². The number of rotatable bonds is 16. The quantitative estimate of drug-likeness (QED) is 0.0645. The number of sulfone groups is 1. The third kappa shape index (κ3) is 10.5. The average Bonchev–Trinajstić information content (AvgIpc) is 3.42. The van der Waals surface area contributed by atoms with Crippen molar-refractivity contribution < 1.29 is 67.5 Å². The van der Waals surface area contributed by atoms with Crippen molar-refractivity contribution in [1.82, 2.24) is 10.6 Å². The minimum atomic E-state index is -3.72. The summed E-state index contributed by atoms with van der Waals surface area (Å²) in [6.07, 6.45) is -12.3. The maximum Gasteiger partial charge on any atom is 0.187 e. The number of piperidine rings is 1. The molecule has 5 rings (SSSR count). The van der Waals surface area contributed by atoms with Gasteiger partial charge in [-0.05, 0) is 32.4 Å². The summed E-state index contributed by atoms with van der Waals surface area (Å²) in [7, 11) is -3.72. The van der Waals surface area contributed by atoms with Gasteiger partial charge >= 0.3 is 0 Å². The average molecular weight is 800 g/mol. The summed E-state index contributed by atoms with van der Waals surface area (Å²) in [6, 6.07) is -2.99. The van der Waals surface area contributed by atoms with E-state index in [0.29, 0.717) is 39.0 Å². The van der Waals surface area contributed by atoms with Crippen LogP contribution >= 0.6 is 0 Å². The SMILES string of the molecule is NCCS(=O)(=O)C[C@@H]1C[C@H](N)[C@@H](O[C@H]2O[C@H](CNCC3(O)CCNCC3)C=C[C@H]2N)[C@H](O[C@@H]2O[C@H](CO)[C@@H](O[C@H]3O[C@@H](CN)[C@@H](O)[C@H](O)[C@H]3N)[C@H]2O)[C@H]1O. The Morgan fingerprint density at radius 3 is 2.17 bits per heavy atom. The molecule has 5 aliphatic rings. The van der Waals surface area contributed by atoms with Gasteiger partial charge in [0.25, 0.3) is 0 Å². The summed E-state index contributed by atoms with van der Waals surface area (Å²) in [5, 5.41) is 71.3. The number of ether oxygens (including phenoxy) is 6. The predicted molar refractivity (Wildman–Crippen MR) is 190 cm³/mol. The van der Waals surface area contributed by atoms with Gasteiger partial charge in [-0.15, -0.1) is 0 Å². The molecule has 4 aliphatic heterocycles. The van der Waals surface area contributed by atoms with E-state index < -0.39 is 132 Å². The Morgan fingerprint density at radius 2 is 1.50 bits per heavy atom. The normalized spacial score (nSPS) is 44.4. The summed E-state index contributed by atoms with van der Waals surface area (Å²) in [5.74, 6) is -1.72. The van der Waals surface area contributed by atoms with E-state index in [4.69, 9.17) is 57.1 Å². The Balaban J connectivity index is 1.31. The highest BCUT2D eigenvalue weighted by atomic mass is 32.2. The molecule has 18 N–H and O–H groups in total. The minimum absolute atomic E-state index is 0.00180. The van der Waals surface area contributed by atoms with Crippen LogP contribution in [0.25, 0.3) is 0 Å². The van der Waals surface area contributed by atoms with Crippen LogP contribution < -0.4 is 39.3 Å². The molecule has 0 aromatic heterocycles. The molecule has 0 amide bonds. The van der Waals surface area contributed by atoms with Gasteiger partial charge in [0.15, 0.2) is 28.7 Å². The maximum absolute atomic E-state index is 12.8. The van der Waals surface area contributed by atoms with Crippen molar-refractivity contribution in [2.75, 3.05) is 57.4 Å². The van der Waals surface area contributed by atoms with Gasteiger partial charge in [0.2, 0.25) is 0 Å². The van der Waals surface area contributed by atoms with Crippen molar-refractivity contribution in [3.05, 3.63) is 12.2 Å². The Hall–Kier alpha value is -1.07. The van der Waals surface area contributed by atoms with Crippen LogP contribution in [0.15, 0.2) is 12.2 Å². The molecule has 1 saturated carbocycles. The second-order valence-corrected chi connectivity index (χ2v) is 17.2. The summed E-state index contributed by atoms with van der Waals surface area (Å²) in [5.41, 5.74) is 29.4. The first-order valence-corrected chi connectivity index (χ1v) is 20.4. The number of nitrogens with one attached hydrogen (secondary N) is 2. The van der Waals surface area contributed by atoms with Crippen LogP contribution in [-0.2, 0) is 38.3 Å². The van der Waals surface area contributed by atoms with Crippen LogP contribution in [0.5, 0.6) is 0 Å². The zero-order chi connectivity index (χ0) is 39.4. The van der Waals surface area contributed by atoms with Crippen LogP contribution in [0.2, 0.25) is 0 Å². The molecule has 0 radical (unpaired) electrons. The van der Waals surface area contributed by atoms with Crippen LogP contribution in [0.4, 0.5) is 0 Å². The van der Waals surface area contributed by atoms with Gasteiger partial charge in [0.05, 0.1) is 48.0 Å². The van der Waals surface area contributed by atoms with E-state index in [0.717, 1.165) is 0 Å². The lowest BCUT2D eigenvalue weighted by Gasteiger charge is -2.46. The third-order valence-electron chi connectivity index (χ3n) is 10.9. The highest BCUT2D eigenvalue weighted by molar-refractivity contribution is 7.91. The topological polar surface area (TPSA) is 365 Å². The fourth-order valence-electron chi connectivity index (χ4n) is 7.69. The van der Waals surface area contributed by atoms with E-state index in [9.17, 15) is 39.1 Å². The lowest BCUT2D eigenvalue weighted by Crippen LogP contribution is -2.64. The first-order valence-electron chi connectivity index (χ1n) is 18.6. The van der Waals surface area contributed by atoms with Crippen LogP contribution in [0.3, 0.4) is 0 Å². The molecule has 314 valence electrons. The monoisotopic (exact) mass is 799 g/mol. The van der Waals surface area contributed by atoms with Crippen molar-refractivity contribution >= 4 is 9.84 Å². The molecule has 4 heterocycles. The lowest BCUT2D eigenvalue weighted by atomic mass is 9.80. The second kappa shape index (κ2) is 19.1. The first-order chi connectivity index (χ1) is 25.6. The van der Waals surface area contributed by atoms with E-state index >= 15 is 0 Å². The molecule has 0 unspecified atom stereocenters. The Morgan fingerprint density at radius 1 is 0.833 bits per heavy atom. The number of aliphatic hydroxyl groups is 6. The molecule has 22 heteroatoms. The Bertz CT molecular complexity index is 1320. The third-order valence-corrected chi connectivity index (χ3v) is 12.7. The van der Waals surface area contributed by atoms with Crippen molar-refractivity contribution in [2.24, 2.45) is 34.6 Å². The minimum Gasteiger partial charge on any atom is -0.394 e. The molecule has 1 aliphatic carbocycles. The summed E-state index contributed by atoms with van der Waals surface area (Å²) in [6.45, 7) is 1.11. The number of nitrogens with two attached hydrogens (primary N) is 5. The van der Waals surface area contributed by atoms with E-state index in [1.54, 1.807) is 12.2 Å². The van der Waals surface area contributed by atoms with Crippen LogP contribution in [0.1, 0.15) is 19.3 Å². The fraction of sp³-hybridized carbons (Fsp3) is 0.938. The van der Waals surface area contributed by atoms with Crippen LogP contribution in [0, 0.1) is 5.92 Å². The highest BCUT2D eigenvalue weighted by Crippen LogP contribution is 2.36. The maximum atomic E-state index is 12.8. The molecule has 0 bridgehead atoms. The van der Waals surface area contributed by atoms with E-state index in [-0.39, 0.29) is 25.3 Å². The van der Waals surface area contributed by atoms with Gasteiger partial charge in [-0.25, -0.2) is 8.42 Å². The van der Waals surface area contributed by atoms with E-state index in [1.165, 1.54) is 0 Å². The standard InChI is InChI=1S/C32H61N7O14S/c33-5-8-54(46,47)13-15-9-18(36)26(51-29-17(35)2-1-16(48-29)11-39-14-32(45)3-6-38-7-4-32)28(22(15)41)53-31-25(44)27(20(12-40)50-31)52-30-21(37)24(43)23(42)19(10-34)49-30/h1-2,15-31,38-45H,3-14,33-37H2/t15-,16-,17+,18-,19-,20+,21+,22-,23+,24+,25+,26+,27+,28+,29+,30+,31-/m0/s1. The predicted octanol–water partition coefficient (Wildman–Crippen LogP) is -7.65. The van der Waals surface area contributed by atoms with Gasteiger partial charge < -0.3 is 98.4 Å². The Kier molecular flexibility index (Phi) is 15.6. The van der Waals surface area contributed by atoms with Crippen molar-refractivity contribution in [2.45, 2.75) is 123 Å². The molecule has 0 aromatic rings. The second-order valence-electron chi connectivity index (χ2n) is 15.0. The number of aliphatic hydroxyl groups excluding tert-OH is 5. The molecule has 17 atom stereocenters. The molecule has 3 saturated heterocycles. The fourth-order valence-corrected chi connectivity index (χ4v) is 9.21. The molecule has 21 nitrogen and oxygen atoms in total. The Labute approximate surface area is 314 Å². The summed E-state index contributed by atoms with van der Waals surface area (Å²) in [4.78, 5) is 0. The van der Waals surface area contributed by atoms with Crippen molar-refractivity contribution in [3.63, 3.8) is 0 Å². The molecular weight excluding hydrogens is 738 g/mol. The first kappa shape index (κ1) is 44.0. The highest BCUT2D eigenvalue weighted by Gasteiger charge is 2.54. The van der Waals surface area contributed by atoms with E-state index in [1.807, 2.05) is 0 Å². The largest absolute Gasteiger partial charge is 0.394 e. The summed E-state index contributed by atoms with van der Waals surface area (Å²) < 4.78 is 61.7. The zero-order valence-corrected chi connectivity index (χ0v) is 31.0. The molecule has 0 aromatic carbocycles. The van der Waals surface area contributed by atoms with Crippen molar-refractivity contribution in [1.29, 1.82) is 0 Å². The molecule has 0 spiro atoms. The zero-order valence-electron chi connectivity index (χ0n) is 30.2. The lowest BCUT2D eigenvalue weighted by molar-refractivity contribution is -0.285. The van der Waals surface area contributed by atoms with Crippen LogP contribution in [-0.4, -0.2) is 200 Å². The number of hydrogen-bond acceptors (Lipinski definition) is 21. The van der Waals surface area contributed by atoms with Crippen molar-refractivity contribution in [3.8, 4) is 0 Å².